The molecule has 3 nitrogen and oxygen atoms in total. The molecule has 0 aliphatic rings. The first-order valence-corrected chi connectivity index (χ1v) is 6.76. The molecule has 0 bridgehead atoms. The smallest absolute Gasteiger partial charge is 0.123 e. The van der Waals surface area contributed by atoms with Crippen LogP contribution in [0.25, 0.3) is 0 Å². The number of rotatable bonds is 7. The molecule has 1 N–H and O–H groups in total. The molecule has 1 aromatic carbocycles. The predicted octanol–water partition coefficient (Wildman–Crippen LogP) is 2.44. The molecule has 1 aromatic heterocycles. The third kappa shape index (κ3) is 5.07. The molecule has 0 spiro atoms. The summed E-state index contributed by atoms with van der Waals surface area (Å²) in [6.07, 6.45) is 3.65. The van der Waals surface area contributed by atoms with Crippen molar-refractivity contribution in [3.05, 3.63) is 65.7 Å². The van der Waals surface area contributed by atoms with Gasteiger partial charge in [-0.25, -0.2) is 4.39 Å². The molecule has 0 amide bonds. The van der Waals surface area contributed by atoms with Crippen LogP contribution >= 0.6 is 0 Å². The molecule has 2 rings (SSSR count). The van der Waals surface area contributed by atoms with Gasteiger partial charge < -0.3 is 10.2 Å². The van der Waals surface area contributed by atoms with Gasteiger partial charge in [0.05, 0.1) is 0 Å². The molecule has 0 unspecified atom stereocenters. The lowest BCUT2D eigenvalue weighted by Crippen LogP contribution is -2.28. The topological polar surface area (TPSA) is 28.2 Å². The second-order valence-electron chi connectivity index (χ2n) is 4.90. The minimum atomic E-state index is -0.186. The number of hydrogen-bond acceptors (Lipinski definition) is 3. The van der Waals surface area contributed by atoms with E-state index in [2.05, 4.69) is 28.3 Å². The average Bonchev–Trinajstić information content (AvgIpc) is 2.47. The van der Waals surface area contributed by atoms with Gasteiger partial charge >= 0.3 is 0 Å². The Labute approximate surface area is 119 Å². The summed E-state index contributed by atoms with van der Waals surface area (Å²) < 4.78 is 12.8. The molecule has 0 aliphatic carbocycles. The summed E-state index contributed by atoms with van der Waals surface area (Å²) in [6.45, 7) is 3.51. The Morgan fingerprint density at radius 3 is 2.65 bits per heavy atom. The van der Waals surface area contributed by atoms with Gasteiger partial charge in [-0.1, -0.05) is 18.2 Å². The molecule has 0 saturated heterocycles. The average molecular weight is 273 g/mol. The summed E-state index contributed by atoms with van der Waals surface area (Å²) in [5.74, 6) is -0.186. The van der Waals surface area contributed by atoms with Crippen LogP contribution in [-0.4, -0.2) is 30.0 Å². The quantitative estimate of drug-likeness (QED) is 0.785. The first-order chi connectivity index (χ1) is 9.74. The van der Waals surface area contributed by atoms with Crippen LogP contribution < -0.4 is 5.32 Å². The maximum Gasteiger partial charge on any atom is 0.123 e. The molecule has 106 valence electrons. The molecule has 0 saturated carbocycles. The molecule has 20 heavy (non-hydrogen) atoms. The number of nitrogens with one attached hydrogen (secondary N) is 1. The lowest BCUT2D eigenvalue weighted by atomic mass is 10.2. The molecular formula is C16H20FN3. The minimum Gasteiger partial charge on any atom is -0.311 e. The highest BCUT2D eigenvalue weighted by Crippen LogP contribution is 2.05. The number of benzene rings is 1. The summed E-state index contributed by atoms with van der Waals surface area (Å²) in [6, 6.07) is 10.7. The Hall–Kier alpha value is -1.78. The Kier molecular flexibility index (Phi) is 5.65. The molecule has 2 aromatic rings. The number of likely N-dealkylation sites (N-methyl/N-ethyl adjacent to an activating group) is 1. The fraction of sp³-hybridized carbons (Fsp3) is 0.312. The molecule has 0 aliphatic heterocycles. The third-order valence-electron chi connectivity index (χ3n) is 3.09. The molecule has 0 radical (unpaired) electrons. The van der Waals surface area contributed by atoms with Crippen molar-refractivity contribution in [3.8, 4) is 0 Å². The van der Waals surface area contributed by atoms with E-state index in [4.69, 9.17) is 0 Å². The highest BCUT2D eigenvalue weighted by molar-refractivity contribution is 5.15. The maximum absolute atomic E-state index is 12.8. The third-order valence-corrected chi connectivity index (χ3v) is 3.09. The van der Waals surface area contributed by atoms with E-state index in [0.717, 1.165) is 31.7 Å². The summed E-state index contributed by atoms with van der Waals surface area (Å²) in [7, 11) is 2.06. The van der Waals surface area contributed by atoms with Crippen molar-refractivity contribution in [1.82, 2.24) is 15.2 Å². The number of hydrogen-bond donors (Lipinski definition) is 1. The van der Waals surface area contributed by atoms with Gasteiger partial charge in [0.25, 0.3) is 0 Å². The zero-order valence-electron chi connectivity index (χ0n) is 11.7. The van der Waals surface area contributed by atoms with Crippen LogP contribution in [0, 0.1) is 5.82 Å². The molecule has 4 heteroatoms. The Morgan fingerprint density at radius 1 is 1.15 bits per heavy atom. The first-order valence-electron chi connectivity index (χ1n) is 6.76. The maximum atomic E-state index is 12.8. The van der Waals surface area contributed by atoms with Gasteiger partial charge in [-0.05, 0) is 36.4 Å². The lowest BCUT2D eigenvalue weighted by Gasteiger charge is -2.17. The van der Waals surface area contributed by atoms with E-state index in [9.17, 15) is 4.39 Å². The summed E-state index contributed by atoms with van der Waals surface area (Å²) in [5, 5.41) is 3.39. The van der Waals surface area contributed by atoms with Crippen LogP contribution in [0.15, 0.2) is 48.8 Å². The summed E-state index contributed by atoms with van der Waals surface area (Å²) in [4.78, 5) is 6.29. The van der Waals surface area contributed by atoms with Crippen LogP contribution in [0.3, 0.4) is 0 Å². The van der Waals surface area contributed by atoms with E-state index < -0.39 is 0 Å². The summed E-state index contributed by atoms with van der Waals surface area (Å²) >= 11 is 0. The van der Waals surface area contributed by atoms with Crippen molar-refractivity contribution < 1.29 is 4.39 Å². The molecular weight excluding hydrogens is 253 g/mol. The standard InChI is InChI=1S/C16H20FN3/c1-20(13-14-4-6-16(17)7-5-14)10-9-19-12-15-3-2-8-18-11-15/h2-8,11,19H,9-10,12-13H2,1H3. The highest BCUT2D eigenvalue weighted by atomic mass is 19.1. The van der Waals surface area contributed by atoms with Crippen LogP contribution in [-0.2, 0) is 13.1 Å². The Balaban J connectivity index is 1.65. The second kappa shape index (κ2) is 7.72. The monoisotopic (exact) mass is 273 g/mol. The number of aromatic nitrogens is 1. The second-order valence-corrected chi connectivity index (χ2v) is 4.90. The van der Waals surface area contributed by atoms with Crippen LogP contribution in [0.5, 0.6) is 0 Å². The van der Waals surface area contributed by atoms with Gasteiger partial charge in [0.15, 0.2) is 0 Å². The van der Waals surface area contributed by atoms with E-state index in [0.29, 0.717) is 0 Å². The van der Waals surface area contributed by atoms with E-state index in [1.54, 1.807) is 6.20 Å². The van der Waals surface area contributed by atoms with E-state index in [1.165, 1.54) is 17.7 Å². The van der Waals surface area contributed by atoms with Crippen molar-refractivity contribution in [2.24, 2.45) is 0 Å². The van der Waals surface area contributed by atoms with Crippen LogP contribution in [0.2, 0.25) is 0 Å². The molecule has 0 atom stereocenters. The normalized spacial score (nSPS) is 10.9. The van der Waals surface area contributed by atoms with Crippen LogP contribution in [0.4, 0.5) is 4.39 Å². The zero-order valence-corrected chi connectivity index (χ0v) is 11.7. The Bertz CT molecular complexity index is 499. The molecule has 1 heterocycles. The van der Waals surface area contributed by atoms with E-state index >= 15 is 0 Å². The highest BCUT2D eigenvalue weighted by Gasteiger charge is 2.00. The largest absolute Gasteiger partial charge is 0.311 e. The number of nitrogens with zero attached hydrogens (tertiary/aromatic N) is 2. The SMILES string of the molecule is CN(CCNCc1cccnc1)Cc1ccc(F)cc1. The van der Waals surface area contributed by atoms with Gasteiger partial charge in [-0.3, -0.25) is 4.98 Å². The summed E-state index contributed by atoms with van der Waals surface area (Å²) in [5.41, 5.74) is 2.31. The fourth-order valence-electron chi connectivity index (χ4n) is 1.99. The van der Waals surface area contributed by atoms with Crippen molar-refractivity contribution in [1.29, 1.82) is 0 Å². The Morgan fingerprint density at radius 2 is 1.95 bits per heavy atom. The lowest BCUT2D eigenvalue weighted by molar-refractivity contribution is 0.324. The fourth-order valence-corrected chi connectivity index (χ4v) is 1.99. The van der Waals surface area contributed by atoms with Gasteiger partial charge in [-0.2, -0.15) is 0 Å². The van der Waals surface area contributed by atoms with Gasteiger partial charge in [0.2, 0.25) is 0 Å². The van der Waals surface area contributed by atoms with Gasteiger partial charge in [0, 0.05) is 38.6 Å². The van der Waals surface area contributed by atoms with Gasteiger partial charge in [0.1, 0.15) is 5.82 Å². The van der Waals surface area contributed by atoms with Crippen molar-refractivity contribution in [2.75, 3.05) is 20.1 Å². The van der Waals surface area contributed by atoms with Crippen molar-refractivity contribution in [3.63, 3.8) is 0 Å². The van der Waals surface area contributed by atoms with Gasteiger partial charge in [-0.15, -0.1) is 0 Å². The molecule has 0 fully saturated rings. The van der Waals surface area contributed by atoms with E-state index in [-0.39, 0.29) is 5.82 Å². The van der Waals surface area contributed by atoms with E-state index in [1.807, 2.05) is 24.4 Å². The van der Waals surface area contributed by atoms with Crippen molar-refractivity contribution >= 4 is 0 Å². The minimum absolute atomic E-state index is 0.186. The number of pyridine rings is 1. The van der Waals surface area contributed by atoms with Crippen molar-refractivity contribution in [2.45, 2.75) is 13.1 Å². The predicted molar refractivity (Wildman–Crippen MR) is 78.7 cm³/mol. The van der Waals surface area contributed by atoms with Crippen LogP contribution in [0.1, 0.15) is 11.1 Å². The number of halogens is 1. The first kappa shape index (κ1) is 14.6. The zero-order chi connectivity index (χ0) is 14.2.